The third-order valence-electron chi connectivity index (χ3n) is 4.70. The molecule has 3 aromatic rings. The summed E-state index contributed by atoms with van der Waals surface area (Å²) in [5.74, 6) is 0.295. The highest BCUT2D eigenvalue weighted by molar-refractivity contribution is 7.90. The van der Waals surface area contributed by atoms with Gasteiger partial charge in [0.1, 0.15) is 5.82 Å². The molecule has 0 radical (unpaired) electrons. The first-order valence-corrected chi connectivity index (χ1v) is 11.4. The van der Waals surface area contributed by atoms with E-state index in [4.69, 9.17) is 11.6 Å². The zero-order chi connectivity index (χ0) is 21.2. The maximum Gasteiger partial charge on any atom is 0.264 e. The van der Waals surface area contributed by atoms with Crippen LogP contribution in [0.2, 0.25) is 5.02 Å². The van der Waals surface area contributed by atoms with Crippen LogP contribution in [0.15, 0.2) is 42.5 Å². The number of aryl methyl sites for hydroxylation is 1. The molecular weight excluding hydrogens is 410 g/mol. The molecule has 8 heteroatoms. The molecule has 0 saturated carbocycles. The van der Waals surface area contributed by atoms with Crippen LogP contribution < -0.4 is 4.72 Å². The molecule has 2 aromatic carbocycles. The zero-order valence-electron chi connectivity index (χ0n) is 16.6. The Hall–Kier alpha value is -2.38. The van der Waals surface area contributed by atoms with Crippen LogP contribution >= 0.6 is 11.6 Å². The fourth-order valence-corrected chi connectivity index (χ4v) is 4.50. The number of carbonyl (C=O) groups excluding carboxylic acids is 1. The number of benzene rings is 2. The lowest BCUT2D eigenvalue weighted by atomic mass is 10.2. The first-order chi connectivity index (χ1) is 13.7. The van der Waals surface area contributed by atoms with Crippen LogP contribution in [0.1, 0.15) is 42.0 Å². The van der Waals surface area contributed by atoms with Gasteiger partial charge in [-0.15, -0.1) is 0 Å². The van der Waals surface area contributed by atoms with Gasteiger partial charge < -0.3 is 4.57 Å². The van der Waals surface area contributed by atoms with Gasteiger partial charge in [-0.25, -0.2) is 18.1 Å². The fourth-order valence-electron chi connectivity index (χ4n) is 3.02. The van der Waals surface area contributed by atoms with Gasteiger partial charge in [-0.3, -0.25) is 4.79 Å². The molecule has 0 aliphatic rings. The molecule has 0 aliphatic carbocycles. The van der Waals surface area contributed by atoms with Crippen molar-refractivity contribution in [3.05, 3.63) is 64.4 Å². The van der Waals surface area contributed by atoms with Crippen LogP contribution in [0.4, 0.5) is 0 Å². The van der Waals surface area contributed by atoms with Gasteiger partial charge in [-0.2, -0.15) is 0 Å². The molecule has 3 rings (SSSR count). The zero-order valence-corrected chi connectivity index (χ0v) is 18.2. The van der Waals surface area contributed by atoms with Crippen LogP contribution in [0.25, 0.3) is 11.0 Å². The summed E-state index contributed by atoms with van der Waals surface area (Å²) in [6.45, 7) is 6.26. The van der Waals surface area contributed by atoms with E-state index in [1.165, 1.54) is 0 Å². The molecule has 0 bridgehead atoms. The molecule has 1 N–H and O–H groups in total. The summed E-state index contributed by atoms with van der Waals surface area (Å²) >= 11 is 6.29. The van der Waals surface area contributed by atoms with Crippen molar-refractivity contribution in [3.8, 4) is 0 Å². The lowest BCUT2D eigenvalue weighted by Gasteiger charge is -2.10. The van der Waals surface area contributed by atoms with Crippen molar-refractivity contribution >= 4 is 38.6 Å². The number of fused-ring (bicyclic) bond motifs is 1. The number of halogens is 1. The van der Waals surface area contributed by atoms with E-state index in [9.17, 15) is 13.2 Å². The second-order valence-corrected chi connectivity index (χ2v) is 9.72. The summed E-state index contributed by atoms with van der Waals surface area (Å²) in [6, 6.07) is 12.5. The van der Waals surface area contributed by atoms with E-state index in [-0.39, 0.29) is 17.2 Å². The number of aromatic nitrogens is 2. The van der Waals surface area contributed by atoms with Crippen LogP contribution in [0, 0.1) is 12.8 Å². The predicted molar refractivity (Wildman–Crippen MR) is 116 cm³/mol. The first-order valence-electron chi connectivity index (χ1n) is 9.41. The number of hydrogen-bond acceptors (Lipinski definition) is 4. The van der Waals surface area contributed by atoms with Crippen molar-refractivity contribution in [3.63, 3.8) is 0 Å². The van der Waals surface area contributed by atoms with Gasteiger partial charge in [-0.1, -0.05) is 43.6 Å². The van der Waals surface area contributed by atoms with E-state index < -0.39 is 15.9 Å². The Labute approximate surface area is 176 Å². The first kappa shape index (κ1) is 21.3. The van der Waals surface area contributed by atoms with E-state index >= 15 is 0 Å². The summed E-state index contributed by atoms with van der Waals surface area (Å²) in [7, 11) is -3.68. The van der Waals surface area contributed by atoms with Crippen LogP contribution in [-0.2, 0) is 16.6 Å². The maximum atomic E-state index is 12.5. The Kier molecular flexibility index (Phi) is 6.29. The molecule has 0 saturated heterocycles. The molecule has 0 spiro atoms. The highest BCUT2D eigenvalue weighted by atomic mass is 35.5. The molecular formula is C21H24ClN3O3S. The second-order valence-electron chi connectivity index (χ2n) is 7.47. The number of amides is 1. The molecule has 0 aliphatic heterocycles. The maximum absolute atomic E-state index is 12.5. The number of nitrogens with zero attached hydrogens (tertiary/aromatic N) is 2. The molecule has 1 aromatic heterocycles. The number of sulfonamides is 1. The Morgan fingerprint density at radius 1 is 1.21 bits per heavy atom. The molecule has 154 valence electrons. The van der Waals surface area contributed by atoms with Crippen molar-refractivity contribution in [2.24, 2.45) is 5.92 Å². The van der Waals surface area contributed by atoms with E-state index in [1.807, 2.05) is 49.6 Å². The quantitative estimate of drug-likeness (QED) is 0.606. The SMILES string of the molecule is Cc1nc2ccc(C(=O)NS(=O)(=O)CCC(C)C)cc2n1Cc1ccccc1Cl. The van der Waals surface area contributed by atoms with E-state index in [0.29, 0.717) is 18.0 Å². The standard InChI is InChI=1S/C21H24ClN3O3S/c1-14(2)10-11-29(27,28)24-21(26)16-8-9-19-20(12-16)25(15(3)23-19)13-17-6-4-5-7-18(17)22/h4-9,12,14H,10-11,13H2,1-3H3,(H,24,26). The third-order valence-corrected chi connectivity index (χ3v) is 6.34. The molecule has 1 heterocycles. The van der Waals surface area contributed by atoms with E-state index in [1.54, 1.807) is 18.2 Å². The van der Waals surface area contributed by atoms with Crippen molar-refractivity contribution in [1.82, 2.24) is 14.3 Å². The molecule has 1 amide bonds. The highest BCUT2D eigenvalue weighted by Gasteiger charge is 2.18. The van der Waals surface area contributed by atoms with Crippen molar-refractivity contribution in [2.45, 2.75) is 33.7 Å². The lowest BCUT2D eigenvalue weighted by Crippen LogP contribution is -2.32. The normalized spacial score (nSPS) is 11.9. The van der Waals surface area contributed by atoms with Crippen molar-refractivity contribution in [2.75, 3.05) is 5.75 Å². The average Bonchev–Trinajstić information content (AvgIpc) is 2.96. The Balaban J connectivity index is 1.89. The van der Waals surface area contributed by atoms with E-state index in [0.717, 1.165) is 22.4 Å². The minimum Gasteiger partial charge on any atom is -0.324 e. The minimum atomic E-state index is -3.68. The van der Waals surface area contributed by atoms with Gasteiger partial charge in [0.05, 0.1) is 23.3 Å². The Morgan fingerprint density at radius 2 is 1.93 bits per heavy atom. The molecule has 29 heavy (non-hydrogen) atoms. The van der Waals surface area contributed by atoms with Crippen LogP contribution in [0.5, 0.6) is 0 Å². The number of hydrogen-bond donors (Lipinski definition) is 1. The van der Waals surface area contributed by atoms with Gasteiger partial charge in [-0.05, 0) is 49.1 Å². The molecule has 0 unspecified atom stereocenters. The minimum absolute atomic E-state index is 0.0812. The highest BCUT2D eigenvalue weighted by Crippen LogP contribution is 2.22. The van der Waals surface area contributed by atoms with Crippen LogP contribution in [0.3, 0.4) is 0 Å². The van der Waals surface area contributed by atoms with Gasteiger partial charge >= 0.3 is 0 Å². The molecule has 0 fully saturated rings. The number of imidazole rings is 1. The van der Waals surface area contributed by atoms with Crippen molar-refractivity contribution < 1.29 is 13.2 Å². The van der Waals surface area contributed by atoms with Gasteiger partial charge in [0.25, 0.3) is 5.91 Å². The fraction of sp³-hybridized carbons (Fsp3) is 0.333. The summed E-state index contributed by atoms with van der Waals surface area (Å²) in [4.78, 5) is 17.1. The lowest BCUT2D eigenvalue weighted by molar-refractivity contribution is 0.0981. The Bertz CT molecular complexity index is 1150. The predicted octanol–water partition coefficient (Wildman–Crippen LogP) is 4.15. The van der Waals surface area contributed by atoms with Crippen molar-refractivity contribution in [1.29, 1.82) is 0 Å². The summed E-state index contributed by atoms with van der Waals surface area (Å²) in [5.41, 5.74) is 2.68. The number of rotatable bonds is 7. The summed E-state index contributed by atoms with van der Waals surface area (Å²) in [5, 5.41) is 0.652. The second kappa shape index (κ2) is 8.55. The largest absolute Gasteiger partial charge is 0.324 e. The molecule has 6 nitrogen and oxygen atoms in total. The van der Waals surface area contributed by atoms with Gasteiger partial charge in [0.2, 0.25) is 10.0 Å². The monoisotopic (exact) mass is 433 g/mol. The van der Waals surface area contributed by atoms with Crippen LogP contribution in [-0.4, -0.2) is 29.6 Å². The average molecular weight is 434 g/mol. The number of nitrogens with one attached hydrogen (secondary N) is 1. The molecule has 0 atom stereocenters. The van der Waals surface area contributed by atoms with Gasteiger partial charge in [0, 0.05) is 10.6 Å². The third kappa shape index (κ3) is 5.16. The topological polar surface area (TPSA) is 81.1 Å². The van der Waals surface area contributed by atoms with E-state index in [2.05, 4.69) is 9.71 Å². The van der Waals surface area contributed by atoms with Gasteiger partial charge in [0.15, 0.2) is 0 Å². The Morgan fingerprint density at radius 3 is 2.62 bits per heavy atom. The smallest absolute Gasteiger partial charge is 0.264 e. The summed E-state index contributed by atoms with van der Waals surface area (Å²) in [6.07, 6.45) is 0.492. The summed E-state index contributed by atoms with van der Waals surface area (Å²) < 4.78 is 28.5. The number of carbonyl (C=O) groups is 1.